The molecule has 7 nitrogen and oxygen atoms in total. The van der Waals surface area contributed by atoms with Crippen LogP contribution in [0.5, 0.6) is 0 Å². The average molecular weight is 400 g/mol. The predicted octanol–water partition coefficient (Wildman–Crippen LogP) is 3.02. The molecule has 0 unspecified atom stereocenters. The molecule has 9 heteroatoms. The fourth-order valence-electron chi connectivity index (χ4n) is 2.14. The van der Waals surface area contributed by atoms with Crippen LogP contribution < -0.4 is 9.62 Å². The van der Waals surface area contributed by atoms with Crippen molar-refractivity contribution in [2.75, 3.05) is 16.7 Å². The highest BCUT2D eigenvalue weighted by Crippen LogP contribution is 2.26. The van der Waals surface area contributed by atoms with Crippen LogP contribution in [0.15, 0.2) is 71.1 Å². The number of benzene rings is 2. The number of aromatic nitrogens is 2. The summed E-state index contributed by atoms with van der Waals surface area (Å²) in [5.41, 5.74) is 1.38. The number of sulfonamides is 1. The number of amides is 1. The van der Waals surface area contributed by atoms with Crippen molar-refractivity contribution in [1.82, 2.24) is 10.2 Å². The van der Waals surface area contributed by atoms with Gasteiger partial charge in [0.25, 0.3) is 14.4 Å². The highest BCUT2D eigenvalue weighted by atomic mass is 32.2. The number of nitrogens with one attached hydrogen (secondary N) is 1. The normalized spacial score (nSPS) is 11.4. The Morgan fingerprint density at radius 3 is 2.33 bits per heavy atom. The maximum Gasteiger partial charge on any atom is 0.293 e. The second-order valence-electron chi connectivity index (χ2n) is 5.41. The first kappa shape index (κ1) is 18.7. The molecule has 0 radical (unpaired) electrons. The molecule has 1 N–H and O–H groups in total. The first-order valence-electron chi connectivity index (χ1n) is 7.88. The quantitative estimate of drug-likeness (QED) is 0.507. The lowest BCUT2D eigenvalue weighted by molar-refractivity contribution is -0.111. The number of hydrogen-bond donors (Lipinski definition) is 1. The van der Waals surface area contributed by atoms with E-state index in [4.69, 9.17) is 0 Å². The van der Waals surface area contributed by atoms with Crippen molar-refractivity contribution < 1.29 is 13.2 Å². The van der Waals surface area contributed by atoms with Crippen LogP contribution in [-0.4, -0.2) is 31.6 Å². The zero-order chi connectivity index (χ0) is 19.3. The van der Waals surface area contributed by atoms with Gasteiger partial charge in [-0.1, -0.05) is 59.9 Å². The van der Waals surface area contributed by atoms with E-state index in [1.165, 1.54) is 13.1 Å². The molecule has 1 heterocycles. The Kier molecular flexibility index (Phi) is 5.63. The van der Waals surface area contributed by atoms with Gasteiger partial charge in [-0.15, -0.1) is 10.2 Å². The third-order valence-corrected chi connectivity index (χ3v) is 6.53. The monoisotopic (exact) mass is 400 g/mol. The van der Waals surface area contributed by atoms with Crippen molar-refractivity contribution in [3.63, 3.8) is 0 Å². The molecule has 0 aliphatic carbocycles. The molecular weight excluding hydrogens is 384 g/mol. The van der Waals surface area contributed by atoms with Crippen LogP contribution in [0.1, 0.15) is 5.56 Å². The molecule has 0 bridgehead atoms. The van der Waals surface area contributed by atoms with Gasteiger partial charge in [-0.3, -0.25) is 14.4 Å². The van der Waals surface area contributed by atoms with E-state index in [1.54, 1.807) is 36.4 Å². The van der Waals surface area contributed by atoms with E-state index in [0.717, 1.165) is 21.2 Å². The number of carbonyl (C=O) groups is 1. The van der Waals surface area contributed by atoms with Crippen molar-refractivity contribution in [2.24, 2.45) is 0 Å². The Hall–Kier alpha value is -3.04. The van der Waals surface area contributed by atoms with Gasteiger partial charge in [-0.25, -0.2) is 0 Å². The van der Waals surface area contributed by atoms with Crippen LogP contribution in [0, 0.1) is 0 Å². The van der Waals surface area contributed by atoms with E-state index in [1.807, 2.05) is 30.3 Å². The summed E-state index contributed by atoms with van der Waals surface area (Å²) in [6.45, 7) is 0. The van der Waals surface area contributed by atoms with Crippen molar-refractivity contribution in [2.45, 2.75) is 4.34 Å². The minimum atomic E-state index is -3.85. The fraction of sp³-hybridized carbons (Fsp3) is 0.0556. The number of para-hydroxylation sites is 1. The highest BCUT2D eigenvalue weighted by Gasteiger charge is 2.26. The number of anilines is 2. The van der Waals surface area contributed by atoms with E-state index in [0.29, 0.717) is 5.69 Å². The maximum atomic E-state index is 12.6. The first-order valence-corrected chi connectivity index (χ1v) is 10.1. The molecule has 3 aromatic rings. The van der Waals surface area contributed by atoms with Gasteiger partial charge < -0.3 is 0 Å². The van der Waals surface area contributed by atoms with Crippen LogP contribution in [0.2, 0.25) is 0 Å². The summed E-state index contributed by atoms with van der Waals surface area (Å²) in [5, 5.41) is 10.1. The Balaban J connectivity index is 1.71. The molecule has 0 saturated carbocycles. The summed E-state index contributed by atoms with van der Waals surface area (Å²) >= 11 is 0.795. The second kappa shape index (κ2) is 8.11. The van der Waals surface area contributed by atoms with Gasteiger partial charge in [0.05, 0.1) is 5.69 Å². The molecule has 0 atom stereocenters. The van der Waals surface area contributed by atoms with Crippen LogP contribution in [0.25, 0.3) is 6.08 Å². The van der Waals surface area contributed by atoms with E-state index in [2.05, 4.69) is 15.5 Å². The molecule has 138 valence electrons. The Labute approximate surface area is 161 Å². The Morgan fingerprint density at radius 1 is 1.04 bits per heavy atom. The second-order valence-corrected chi connectivity index (χ2v) is 8.53. The van der Waals surface area contributed by atoms with Gasteiger partial charge in [0.1, 0.15) is 0 Å². The van der Waals surface area contributed by atoms with Crippen LogP contribution >= 0.6 is 11.3 Å². The van der Waals surface area contributed by atoms with Crippen molar-refractivity contribution in [3.05, 3.63) is 72.3 Å². The summed E-state index contributed by atoms with van der Waals surface area (Å²) in [6.07, 6.45) is 3.00. The van der Waals surface area contributed by atoms with Gasteiger partial charge >= 0.3 is 0 Å². The molecule has 2 aromatic carbocycles. The standard InChI is InChI=1S/C18H16N4O3S2/c1-22(15-10-6-3-7-11-15)27(24,25)18-21-20-17(26-18)19-16(23)13-12-14-8-4-2-5-9-14/h2-13H,1H3,(H,19,20,23)/b13-12+. The average Bonchev–Trinajstić information content (AvgIpc) is 3.16. The van der Waals surface area contributed by atoms with Crippen molar-refractivity contribution in [3.8, 4) is 0 Å². The fourth-order valence-corrected chi connectivity index (χ4v) is 4.39. The van der Waals surface area contributed by atoms with E-state index in [-0.39, 0.29) is 9.47 Å². The third kappa shape index (κ3) is 4.57. The molecule has 3 rings (SSSR count). The maximum absolute atomic E-state index is 12.6. The molecular formula is C18H16N4O3S2. The highest BCUT2D eigenvalue weighted by molar-refractivity contribution is 7.94. The smallest absolute Gasteiger partial charge is 0.293 e. The summed E-state index contributed by atoms with van der Waals surface area (Å²) in [7, 11) is -2.42. The first-order chi connectivity index (χ1) is 13.0. The van der Waals surface area contributed by atoms with E-state index >= 15 is 0 Å². The van der Waals surface area contributed by atoms with Crippen LogP contribution in [-0.2, 0) is 14.8 Å². The van der Waals surface area contributed by atoms with Gasteiger partial charge in [-0.05, 0) is 23.8 Å². The molecule has 0 saturated heterocycles. The number of nitrogens with zero attached hydrogens (tertiary/aromatic N) is 3. The lowest BCUT2D eigenvalue weighted by Gasteiger charge is -2.16. The van der Waals surface area contributed by atoms with Gasteiger partial charge in [0.15, 0.2) is 0 Å². The minimum Gasteiger partial charge on any atom is -0.297 e. The van der Waals surface area contributed by atoms with Crippen LogP contribution in [0.4, 0.5) is 10.8 Å². The van der Waals surface area contributed by atoms with Crippen LogP contribution in [0.3, 0.4) is 0 Å². The van der Waals surface area contributed by atoms with Gasteiger partial charge in [-0.2, -0.15) is 8.42 Å². The summed E-state index contributed by atoms with van der Waals surface area (Å²) < 4.78 is 26.2. The van der Waals surface area contributed by atoms with E-state index in [9.17, 15) is 13.2 Å². The molecule has 0 fully saturated rings. The SMILES string of the molecule is CN(c1ccccc1)S(=O)(=O)c1nnc(NC(=O)/C=C/c2ccccc2)s1. The zero-order valence-corrected chi connectivity index (χ0v) is 15.9. The summed E-state index contributed by atoms with van der Waals surface area (Å²) in [5.74, 6) is -0.421. The number of carbonyl (C=O) groups excluding carboxylic acids is 1. The predicted molar refractivity (Wildman–Crippen MR) is 106 cm³/mol. The zero-order valence-electron chi connectivity index (χ0n) is 14.3. The lowest BCUT2D eigenvalue weighted by atomic mass is 10.2. The minimum absolute atomic E-state index is 0.109. The number of rotatable bonds is 6. The van der Waals surface area contributed by atoms with Gasteiger partial charge in [0, 0.05) is 13.1 Å². The molecule has 1 amide bonds. The summed E-state index contributed by atoms with van der Waals surface area (Å²) in [6, 6.07) is 18.0. The molecule has 0 aliphatic rings. The third-order valence-electron chi connectivity index (χ3n) is 3.56. The largest absolute Gasteiger partial charge is 0.297 e. The van der Waals surface area contributed by atoms with E-state index < -0.39 is 15.9 Å². The summed E-state index contributed by atoms with van der Waals surface area (Å²) in [4.78, 5) is 12.0. The topological polar surface area (TPSA) is 92.3 Å². The molecule has 0 spiro atoms. The Morgan fingerprint density at radius 2 is 1.67 bits per heavy atom. The van der Waals surface area contributed by atoms with Crippen molar-refractivity contribution in [1.29, 1.82) is 0 Å². The molecule has 1 aromatic heterocycles. The molecule has 27 heavy (non-hydrogen) atoms. The number of hydrogen-bond acceptors (Lipinski definition) is 6. The van der Waals surface area contributed by atoms with Gasteiger partial charge in [0.2, 0.25) is 11.0 Å². The molecule has 0 aliphatic heterocycles. The van der Waals surface area contributed by atoms with Crippen molar-refractivity contribution >= 4 is 44.2 Å². The Bertz CT molecular complexity index is 1050. The lowest BCUT2D eigenvalue weighted by Crippen LogP contribution is -2.26.